The van der Waals surface area contributed by atoms with Crippen molar-refractivity contribution in [3.05, 3.63) is 29.8 Å². The fourth-order valence-corrected chi connectivity index (χ4v) is 6.35. The summed E-state index contributed by atoms with van der Waals surface area (Å²) in [5.74, 6) is -5.00. The van der Waals surface area contributed by atoms with E-state index in [1.54, 1.807) is 4.90 Å². The molecule has 3 fully saturated rings. The van der Waals surface area contributed by atoms with E-state index >= 15 is 4.39 Å². The van der Waals surface area contributed by atoms with Crippen LogP contribution in [0.5, 0.6) is 0 Å². The Morgan fingerprint density at radius 2 is 1.69 bits per heavy atom. The van der Waals surface area contributed by atoms with Gasteiger partial charge in [0.05, 0.1) is 29.3 Å². The fraction of sp³-hybridized carbons (Fsp3) is 0.560. The number of benzene rings is 1. The second kappa shape index (κ2) is 10.5. The first-order valence-corrected chi connectivity index (χ1v) is 15.3. The van der Waals surface area contributed by atoms with E-state index in [2.05, 4.69) is 30.2 Å². The first kappa shape index (κ1) is 28.4. The number of aliphatic hydroxyl groups excluding tert-OH is 1. The highest BCUT2D eigenvalue weighted by atomic mass is 32.2. The number of carbonyl (C=O) groups is 1. The highest BCUT2D eigenvalue weighted by molar-refractivity contribution is 7.92. The van der Waals surface area contributed by atoms with Crippen molar-refractivity contribution in [2.75, 3.05) is 58.4 Å². The zero-order valence-electron chi connectivity index (χ0n) is 22.6. The van der Waals surface area contributed by atoms with E-state index in [1.807, 2.05) is 4.90 Å². The van der Waals surface area contributed by atoms with Crippen LogP contribution < -0.4 is 19.8 Å². The van der Waals surface area contributed by atoms with Gasteiger partial charge in [-0.25, -0.2) is 26.0 Å². The minimum absolute atomic E-state index is 0.0180. The van der Waals surface area contributed by atoms with Gasteiger partial charge in [-0.05, 0) is 43.2 Å². The van der Waals surface area contributed by atoms with E-state index in [-0.39, 0.29) is 54.9 Å². The third kappa shape index (κ3) is 5.79. The van der Waals surface area contributed by atoms with Gasteiger partial charge in [-0.15, -0.1) is 10.2 Å². The van der Waals surface area contributed by atoms with Gasteiger partial charge in [-0.2, -0.15) is 9.97 Å². The van der Waals surface area contributed by atoms with Crippen LogP contribution in [0.1, 0.15) is 48.9 Å². The predicted molar refractivity (Wildman–Crippen MR) is 147 cm³/mol. The van der Waals surface area contributed by atoms with E-state index in [9.17, 15) is 22.0 Å². The summed E-state index contributed by atoms with van der Waals surface area (Å²) < 4.78 is 70.9. The molecule has 3 aliphatic rings. The molecule has 1 spiro atoms. The lowest BCUT2D eigenvalue weighted by Crippen LogP contribution is -2.40. The zero-order chi connectivity index (χ0) is 29.7. The molecule has 6 rings (SSSR count). The summed E-state index contributed by atoms with van der Waals surface area (Å²) in [6.45, 7) is 0.590. The molecule has 2 saturated heterocycles. The van der Waals surface area contributed by atoms with Crippen molar-refractivity contribution in [3.63, 3.8) is 0 Å². The maximum absolute atomic E-state index is 15.2. The van der Waals surface area contributed by atoms with Crippen LogP contribution in [0.2, 0.25) is 0 Å². The van der Waals surface area contributed by atoms with E-state index in [1.165, 1.54) is 16.8 Å². The number of nitrogens with one attached hydrogen (secondary N) is 2. The van der Waals surface area contributed by atoms with Crippen molar-refractivity contribution in [1.82, 2.24) is 24.6 Å². The van der Waals surface area contributed by atoms with Crippen LogP contribution in [0.4, 0.5) is 36.4 Å². The lowest BCUT2D eigenvalue weighted by Gasteiger charge is -2.35. The van der Waals surface area contributed by atoms with Crippen LogP contribution in [0.15, 0.2) is 18.5 Å². The van der Waals surface area contributed by atoms with Crippen molar-refractivity contribution < 1.29 is 31.5 Å². The number of aromatic nitrogens is 5. The Morgan fingerprint density at radius 1 is 1.00 bits per heavy atom. The van der Waals surface area contributed by atoms with Crippen LogP contribution in [-0.2, 0) is 10.0 Å². The number of nitrogens with zero attached hydrogens (tertiary/aromatic N) is 7. The number of rotatable bonds is 8. The SMILES string of the molecule is O=C(Nc1nc(N2CCC(F)(F)CC2)n2cnnc2n1)c1cc(F)c(NS(=O)(=O)CCO)cc1N1CCC2(CC1)CC2. The molecule has 1 amide bonds. The van der Waals surface area contributed by atoms with Crippen molar-refractivity contribution in [3.8, 4) is 0 Å². The minimum Gasteiger partial charge on any atom is -0.395 e. The smallest absolute Gasteiger partial charge is 0.260 e. The van der Waals surface area contributed by atoms with Crippen LogP contribution in [0.25, 0.3) is 5.78 Å². The second-order valence-corrected chi connectivity index (χ2v) is 13.0. The molecule has 4 heterocycles. The molecule has 0 atom stereocenters. The lowest BCUT2D eigenvalue weighted by molar-refractivity contribution is -0.0223. The number of alkyl halides is 2. The Hall–Kier alpha value is -3.73. The van der Waals surface area contributed by atoms with Crippen molar-refractivity contribution in [1.29, 1.82) is 0 Å². The number of halogens is 3. The summed E-state index contributed by atoms with van der Waals surface area (Å²) in [6.07, 6.45) is 4.68. The number of sulfonamides is 1. The minimum atomic E-state index is -4.03. The fourth-order valence-electron chi connectivity index (χ4n) is 5.52. The summed E-state index contributed by atoms with van der Waals surface area (Å²) in [6, 6.07) is 2.23. The van der Waals surface area contributed by atoms with Gasteiger partial charge in [-0.1, -0.05) is 0 Å². The molecule has 17 heteroatoms. The molecule has 1 aliphatic carbocycles. The largest absolute Gasteiger partial charge is 0.395 e. The topological polar surface area (TPSA) is 158 Å². The third-order valence-corrected chi connectivity index (χ3v) is 9.49. The van der Waals surface area contributed by atoms with Crippen molar-refractivity contribution in [2.45, 2.75) is 44.4 Å². The molecular weight excluding hydrogens is 579 g/mol. The molecule has 0 radical (unpaired) electrons. The molecule has 1 aromatic carbocycles. The molecule has 0 unspecified atom stereocenters. The second-order valence-electron chi connectivity index (χ2n) is 11.1. The third-order valence-electron chi connectivity index (χ3n) is 8.24. The number of hydrogen-bond donors (Lipinski definition) is 3. The summed E-state index contributed by atoms with van der Waals surface area (Å²) in [4.78, 5) is 25.8. The molecule has 2 aliphatic heterocycles. The number of hydrogen-bond acceptors (Lipinski definition) is 10. The van der Waals surface area contributed by atoms with Gasteiger partial charge in [0.2, 0.25) is 21.9 Å². The molecule has 2 aromatic heterocycles. The molecule has 1 saturated carbocycles. The van der Waals surface area contributed by atoms with Crippen LogP contribution in [0.3, 0.4) is 0 Å². The Balaban J connectivity index is 1.32. The maximum Gasteiger partial charge on any atom is 0.260 e. The average Bonchev–Trinajstić information content (AvgIpc) is 3.51. The molecule has 0 bridgehead atoms. The van der Waals surface area contributed by atoms with Gasteiger partial charge in [0, 0.05) is 39.0 Å². The van der Waals surface area contributed by atoms with Crippen LogP contribution in [0, 0.1) is 11.2 Å². The number of carbonyl (C=O) groups excluding carboxylic acids is 1. The van der Waals surface area contributed by atoms with Gasteiger partial charge < -0.3 is 14.9 Å². The van der Waals surface area contributed by atoms with Crippen LogP contribution >= 0.6 is 0 Å². The Morgan fingerprint density at radius 3 is 2.36 bits per heavy atom. The quantitative estimate of drug-likeness (QED) is 0.346. The number of piperidine rings is 2. The number of aliphatic hydroxyl groups is 1. The van der Waals surface area contributed by atoms with Crippen LogP contribution in [-0.4, -0.2) is 88.5 Å². The highest BCUT2D eigenvalue weighted by Crippen LogP contribution is 2.54. The average molecular weight is 610 g/mol. The molecule has 226 valence electrons. The zero-order valence-corrected chi connectivity index (χ0v) is 23.4. The van der Waals surface area contributed by atoms with Gasteiger partial charge in [0.25, 0.3) is 17.6 Å². The van der Waals surface area contributed by atoms with Crippen molar-refractivity contribution in [2.24, 2.45) is 5.41 Å². The Kier molecular flexibility index (Phi) is 7.11. The van der Waals surface area contributed by atoms with E-state index in [0.717, 1.165) is 31.7 Å². The molecule has 42 heavy (non-hydrogen) atoms. The first-order valence-electron chi connectivity index (χ1n) is 13.7. The summed E-state index contributed by atoms with van der Waals surface area (Å²) in [5, 5.41) is 19.4. The Labute approximate surface area is 239 Å². The molecule has 13 nitrogen and oxygen atoms in total. The summed E-state index contributed by atoms with van der Waals surface area (Å²) in [7, 11) is -4.03. The standard InChI is InChI=1S/C25H30F3N9O4S/c26-17-13-16(19(14-18(17)34-42(40,41)12-11-38)35-7-3-24(1-2-24)4-8-35)20(39)30-21-31-22-33-29-15-37(22)23(32-21)36-9-5-25(27,28)6-10-36/h13-15,34,38H,1-12H2,(H,30,31,33,39). The molecule has 3 N–H and O–H groups in total. The maximum atomic E-state index is 15.2. The van der Waals surface area contributed by atoms with Gasteiger partial charge in [0.15, 0.2) is 0 Å². The van der Waals surface area contributed by atoms with E-state index in [4.69, 9.17) is 5.11 Å². The number of amides is 1. The summed E-state index contributed by atoms with van der Waals surface area (Å²) >= 11 is 0. The first-order chi connectivity index (χ1) is 20.0. The predicted octanol–water partition coefficient (Wildman–Crippen LogP) is 2.26. The Bertz CT molecular complexity index is 1610. The van der Waals surface area contributed by atoms with Crippen molar-refractivity contribution >= 4 is 45.0 Å². The van der Waals surface area contributed by atoms with Gasteiger partial charge in [0.1, 0.15) is 12.1 Å². The number of anilines is 4. The monoisotopic (exact) mass is 609 g/mol. The molecule has 3 aromatic rings. The van der Waals surface area contributed by atoms with E-state index in [0.29, 0.717) is 24.2 Å². The molecular formula is C25H30F3N9O4S. The van der Waals surface area contributed by atoms with Gasteiger partial charge in [-0.3, -0.25) is 14.8 Å². The summed E-state index contributed by atoms with van der Waals surface area (Å²) in [5.41, 5.74) is 0.231. The lowest BCUT2D eigenvalue weighted by atomic mass is 9.93. The van der Waals surface area contributed by atoms with Gasteiger partial charge >= 0.3 is 0 Å². The normalized spacial score (nSPS) is 19.7. The number of fused-ring (bicyclic) bond motifs is 1. The highest BCUT2D eigenvalue weighted by Gasteiger charge is 2.45. The van der Waals surface area contributed by atoms with E-state index < -0.39 is 40.0 Å².